The van der Waals surface area contributed by atoms with Crippen molar-refractivity contribution in [2.24, 2.45) is 5.73 Å². The molecule has 2 aromatic heterocycles. The van der Waals surface area contributed by atoms with Gasteiger partial charge in [0.15, 0.2) is 11.5 Å². The van der Waals surface area contributed by atoms with E-state index in [1.165, 1.54) is 25.3 Å². The fourth-order valence-electron chi connectivity index (χ4n) is 3.09. The summed E-state index contributed by atoms with van der Waals surface area (Å²) in [5.41, 5.74) is 4.78. The molecule has 3 aromatic rings. The second kappa shape index (κ2) is 10.4. The van der Waals surface area contributed by atoms with Crippen molar-refractivity contribution in [3.8, 4) is 17.2 Å². The molecule has 0 aliphatic heterocycles. The van der Waals surface area contributed by atoms with E-state index >= 15 is 0 Å². The van der Waals surface area contributed by atoms with Crippen LogP contribution in [0, 0.1) is 0 Å². The van der Waals surface area contributed by atoms with E-state index in [9.17, 15) is 22.8 Å². The number of halogens is 3. The van der Waals surface area contributed by atoms with Gasteiger partial charge in [0.05, 0.1) is 20.3 Å². The molecule has 34 heavy (non-hydrogen) atoms. The number of hydrogen-bond acceptors (Lipinski definition) is 8. The van der Waals surface area contributed by atoms with Gasteiger partial charge in [-0.05, 0) is 31.2 Å². The van der Waals surface area contributed by atoms with E-state index in [1.807, 2.05) is 0 Å². The molecule has 0 saturated carbocycles. The number of amides is 2. The Morgan fingerprint density at radius 2 is 1.85 bits per heavy atom. The molecule has 4 N–H and O–H groups in total. The van der Waals surface area contributed by atoms with Crippen LogP contribution in [0.1, 0.15) is 28.9 Å². The lowest BCUT2D eigenvalue weighted by Crippen LogP contribution is -2.35. The maximum Gasteiger partial charge on any atom is 0.433 e. The smallest absolute Gasteiger partial charge is 0.433 e. The molecule has 13 heteroatoms. The van der Waals surface area contributed by atoms with Gasteiger partial charge in [-0.2, -0.15) is 13.2 Å². The summed E-state index contributed by atoms with van der Waals surface area (Å²) in [4.78, 5) is 31.8. The Kier molecular flexibility index (Phi) is 7.56. The van der Waals surface area contributed by atoms with Crippen molar-refractivity contribution in [1.29, 1.82) is 0 Å². The largest absolute Gasteiger partial charge is 0.494 e. The van der Waals surface area contributed by atoms with Crippen LogP contribution in [-0.2, 0) is 17.5 Å². The van der Waals surface area contributed by atoms with Crippen LogP contribution in [0.15, 0.2) is 28.7 Å². The van der Waals surface area contributed by atoms with Crippen LogP contribution in [-0.4, -0.2) is 48.8 Å². The van der Waals surface area contributed by atoms with Crippen molar-refractivity contribution < 1.29 is 36.7 Å². The van der Waals surface area contributed by atoms with Crippen LogP contribution in [0.5, 0.6) is 5.75 Å². The molecule has 0 saturated heterocycles. The van der Waals surface area contributed by atoms with Gasteiger partial charge in [0.2, 0.25) is 5.89 Å². The van der Waals surface area contributed by atoms with Crippen LogP contribution in [0.3, 0.4) is 0 Å². The number of rotatable bonds is 8. The Labute approximate surface area is 191 Å². The van der Waals surface area contributed by atoms with Crippen LogP contribution in [0.2, 0.25) is 0 Å². The van der Waals surface area contributed by atoms with Crippen molar-refractivity contribution >= 4 is 22.9 Å². The number of oxazole rings is 1. The van der Waals surface area contributed by atoms with Gasteiger partial charge in [-0.3, -0.25) is 4.79 Å². The number of carbonyl (C=O) groups excluding carboxylic acids is 2. The number of nitrogens with one attached hydrogen (secondary N) is 2. The zero-order chi connectivity index (χ0) is 24.9. The molecule has 0 spiro atoms. The van der Waals surface area contributed by atoms with Gasteiger partial charge in [0.25, 0.3) is 5.91 Å². The van der Waals surface area contributed by atoms with Crippen LogP contribution in [0.25, 0.3) is 22.4 Å². The quantitative estimate of drug-likeness (QED) is 0.417. The lowest BCUT2D eigenvalue weighted by Gasteiger charge is -2.11. The third-order valence-corrected chi connectivity index (χ3v) is 4.61. The average Bonchev–Trinajstić information content (AvgIpc) is 3.24. The standard InChI is InChI=1S/C21H22F3N5O5/c1-3-33-20(31)27-9-8-26-18(30)17-14(10-25)34-19(29-17)12-4-6-13(32-2)16-11(12)5-7-15(28-16)21(22,23)24/h4-7H,3,8-10,25H2,1-2H3,(H,26,30)(H,27,31). The maximum absolute atomic E-state index is 13.2. The zero-order valence-electron chi connectivity index (χ0n) is 18.3. The molecule has 0 aliphatic rings. The van der Waals surface area contributed by atoms with E-state index < -0.39 is 23.9 Å². The summed E-state index contributed by atoms with van der Waals surface area (Å²) in [6.07, 6.45) is -5.25. The Morgan fingerprint density at radius 3 is 2.50 bits per heavy atom. The van der Waals surface area contributed by atoms with E-state index in [1.54, 1.807) is 6.92 Å². The first kappa shape index (κ1) is 24.8. The van der Waals surface area contributed by atoms with E-state index in [2.05, 4.69) is 20.6 Å². The number of benzene rings is 1. The van der Waals surface area contributed by atoms with Crippen LogP contribution >= 0.6 is 0 Å². The number of nitrogens with zero attached hydrogens (tertiary/aromatic N) is 2. The SMILES string of the molecule is CCOC(=O)NCCNC(=O)c1nc(-c2ccc(OC)c3nc(C(F)(F)F)ccc23)oc1CN. The van der Waals surface area contributed by atoms with Gasteiger partial charge in [0.1, 0.15) is 17.0 Å². The lowest BCUT2D eigenvalue weighted by molar-refractivity contribution is -0.140. The van der Waals surface area contributed by atoms with Gasteiger partial charge in [-0.25, -0.2) is 14.8 Å². The molecule has 1 aromatic carbocycles. The molecule has 2 heterocycles. The van der Waals surface area contributed by atoms with Crippen LogP contribution < -0.4 is 21.1 Å². The van der Waals surface area contributed by atoms with Crippen molar-refractivity contribution in [2.45, 2.75) is 19.6 Å². The van der Waals surface area contributed by atoms with Gasteiger partial charge in [-0.1, -0.05) is 0 Å². The summed E-state index contributed by atoms with van der Waals surface area (Å²) in [5.74, 6) is -0.418. The van der Waals surface area contributed by atoms with Crippen molar-refractivity contribution in [1.82, 2.24) is 20.6 Å². The fraction of sp³-hybridized carbons (Fsp3) is 0.333. The topological polar surface area (TPSA) is 142 Å². The summed E-state index contributed by atoms with van der Waals surface area (Å²) in [6.45, 7) is 1.92. The molecule has 0 fully saturated rings. The van der Waals surface area contributed by atoms with E-state index in [-0.39, 0.29) is 60.2 Å². The number of alkyl halides is 3. The van der Waals surface area contributed by atoms with Gasteiger partial charge in [-0.15, -0.1) is 0 Å². The summed E-state index contributed by atoms with van der Waals surface area (Å²) < 4.78 is 55.0. The van der Waals surface area contributed by atoms with E-state index in [0.717, 1.165) is 6.07 Å². The second-order valence-electron chi connectivity index (χ2n) is 6.80. The molecule has 182 valence electrons. The molecule has 0 unspecified atom stereocenters. The number of methoxy groups -OCH3 is 1. The number of fused-ring (bicyclic) bond motifs is 1. The summed E-state index contributed by atoms with van der Waals surface area (Å²) >= 11 is 0. The Morgan fingerprint density at radius 1 is 1.12 bits per heavy atom. The minimum absolute atomic E-state index is 0.0236. The van der Waals surface area contributed by atoms with Crippen molar-refractivity contribution in [2.75, 3.05) is 26.8 Å². The molecule has 0 aliphatic carbocycles. The molecule has 3 rings (SSSR count). The molecule has 10 nitrogen and oxygen atoms in total. The minimum Gasteiger partial charge on any atom is -0.494 e. The first-order chi connectivity index (χ1) is 16.2. The van der Waals surface area contributed by atoms with E-state index in [4.69, 9.17) is 19.6 Å². The van der Waals surface area contributed by atoms with Crippen molar-refractivity contribution in [3.05, 3.63) is 41.4 Å². The molecular formula is C21H22F3N5O5. The van der Waals surface area contributed by atoms with Gasteiger partial charge >= 0.3 is 12.3 Å². The Hall–Kier alpha value is -3.87. The summed E-state index contributed by atoms with van der Waals surface area (Å²) in [7, 11) is 1.31. The molecular weight excluding hydrogens is 459 g/mol. The number of ether oxygens (including phenoxy) is 2. The highest BCUT2D eigenvalue weighted by atomic mass is 19.4. The lowest BCUT2D eigenvalue weighted by atomic mass is 10.1. The number of hydrogen-bond donors (Lipinski definition) is 3. The second-order valence-corrected chi connectivity index (χ2v) is 6.80. The van der Waals surface area contributed by atoms with Gasteiger partial charge < -0.3 is 30.3 Å². The maximum atomic E-state index is 13.2. The number of alkyl carbamates (subject to hydrolysis) is 1. The minimum atomic E-state index is -4.64. The molecule has 0 bridgehead atoms. The number of carbonyl (C=O) groups is 2. The Balaban J connectivity index is 1.90. The Bertz CT molecular complexity index is 1200. The summed E-state index contributed by atoms with van der Waals surface area (Å²) in [6, 6.07) is 5.03. The number of aromatic nitrogens is 2. The molecule has 0 atom stereocenters. The first-order valence-corrected chi connectivity index (χ1v) is 10.1. The van der Waals surface area contributed by atoms with Crippen molar-refractivity contribution in [3.63, 3.8) is 0 Å². The van der Waals surface area contributed by atoms with E-state index in [0.29, 0.717) is 5.56 Å². The normalized spacial score (nSPS) is 11.4. The number of pyridine rings is 1. The van der Waals surface area contributed by atoms with Gasteiger partial charge in [0, 0.05) is 24.0 Å². The number of nitrogens with two attached hydrogens (primary N) is 1. The third-order valence-electron chi connectivity index (χ3n) is 4.61. The highest BCUT2D eigenvalue weighted by Crippen LogP contribution is 2.36. The molecule has 2 amide bonds. The highest BCUT2D eigenvalue weighted by Gasteiger charge is 2.33. The first-order valence-electron chi connectivity index (χ1n) is 10.1. The van der Waals surface area contributed by atoms with Crippen LogP contribution in [0.4, 0.5) is 18.0 Å². The molecule has 0 radical (unpaired) electrons. The summed E-state index contributed by atoms with van der Waals surface area (Å²) in [5, 5.41) is 5.30. The zero-order valence-corrected chi connectivity index (χ0v) is 18.3. The monoisotopic (exact) mass is 481 g/mol. The fourth-order valence-corrected chi connectivity index (χ4v) is 3.09. The average molecular weight is 481 g/mol. The predicted molar refractivity (Wildman–Crippen MR) is 114 cm³/mol. The predicted octanol–water partition coefficient (Wildman–Crippen LogP) is 2.85. The highest BCUT2D eigenvalue weighted by molar-refractivity contribution is 5.98. The third kappa shape index (κ3) is 5.36.